The van der Waals surface area contributed by atoms with Crippen LogP contribution in [0.25, 0.3) is 11.1 Å². The summed E-state index contributed by atoms with van der Waals surface area (Å²) < 4.78 is 37.8. The maximum atomic E-state index is 13.1. The number of carbonyl (C=O) groups is 2. The molecule has 0 unspecified atom stereocenters. The van der Waals surface area contributed by atoms with Gasteiger partial charge in [-0.05, 0) is 31.3 Å². The number of carbonyl (C=O) groups excluding carboxylic acids is 2. The predicted octanol–water partition coefficient (Wildman–Crippen LogP) is 2.64. The third-order valence-electron chi connectivity index (χ3n) is 4.49. The van der Waals surface area contributed by atoms with Crippen molar-refractivity contribution in [1.82, 2.24) is 15.2 Å². The standard InChI is InChI=1S/C21H24F3N3O3/c1-27(2)10-9-18(28)16-8-7-15(12-25-16)13-3-5-14(6-4-13)19(29)17(11-22)26-21(30)20(23)24/h3-8,12,17,19-20,29H,9-11H2,1-2H3,(H,26,30)/t17-,19-/m1/s1. The Morgan fingerprint density at radius 3 is 2.23 bits per heavy atom. The van der Waals surface area contributed by atoms with Gasteiger partial charge in [-0.15, -0.1) is 0 Å². The summed E-state index contributed by atoms with van der Waals surface area (Å²) in [5, 5.41) is 12.0. The van der Waals surface area contributed by atoms with E-state index in [1.807, 2.05) is 19.0 Å². The van der Waals surface area contributed by atoms with Gasteiger partial charge >= 0.3 is 6.43 Å². The number of Topliss-reactive ketones (excluding diaryl/α,β-unsaturated/α-hetero) is 1. The molecular weight excluding hydrogens is 399 g/mol. The lowest BCUT2D eigenvalue weighted by atomic mass is 9.99. The number of hydrogen-bond acceptors (Lipinski definition) is 5. The maximum absolute atomic E-state index is 13.1. The van der Waals surface area contributed by atoms with Gasteiger partial charge in [-0.3, -0.25) is 14.6 Å². The van der Waals surface area contributed by atoms with Gasteiger partial charge in [0.25, 0.3) is 5.91 Å². The Kier molecular flexibility index (Phi) is 8.49. The second kappa shape index (κ2) is 10.8. The van der Waals surface area contributed by atoms with E-state index in [2.05, 4.69) is 4.98 Å². The first-order chi connectivity index (χ1) is 14.2. The van der Waals surface area contributed by atoms with Crippen LogP contribution in [0.5, 0.6) is 0 Å². The molecule has 162 valence electrons. The summed E-state index contributed by atoms with van der Waals surface area (Å²) in [4.78, 5) is 29.3. The Morgan fingerprint density at radius 2 is 1.73 bits per heavy atom. The Morgan fingerprint density at radius 1 is 1.10 bits per heavy atom. The molecule has 0 aliphatic rings. The van der Waals surface area contributed by atoms with E-state index >= 15 is 0 Å². The Bertz CT molecular complexity index is 843. The smallest absolute Gasteiger partial charge is 0.315 e. The third-order valence-corrected chi connectivity index (χ3v) is 4.49. The number of pyridine rings is 1. The van der Waals surface area contributed by atoms with Gasteiger partial charge in [0, 0.05) is 24.7 Å². The fraction of sp³-hybridized carbons (Fsp3) is 0.381. The van der Waals surface area contributed by atoms with Crippen LogP contribution < -0.4 is 5.32 Å². The number of halogens is 3. The molecule has 0 saturated heterocycles. The third kappa shape index (κ3) is 6.36. The van der Waals surface area contributed by atoms with Gasteiger partial charge in [0.1, 0.15) is 18.5 Å². The van der Waals surface area contributed by atoms with Crippen LogP contribution in [-0.4, -0.2) is 66.5 Å². The highest BCUT2D eigenvalue weighted by molar-refractivity contribution is 5.94. The van der Waals surface area contributed by atoms with Crippen LogP contribution in [0, 0.1) is 0 Å². The molecule has 1 aromatic heterocycles. The van der Waals surface area contributed by atoms with Crippen LogP contribution in [0.3, 0.4) is 0 Å². The van der Waals surface area contributed by atoms with Crippen LogP contribution >= 0.6 is 0 Å². The molecule has 2 N–H and O–H groups in total. The number of nitrogens with one attached hydrogen (secondary N) is 1. The fourth-order valence-corrected chi connectivity index (χ4v) is 2.74. The van der Waals surface area contributed by atoms with Crippen molar-refractivity contribution in [2.75, 3.05) is 27.3 Å². The number of nitrogens with zero attached hydrogens (tertiary/aromatic N) is 2. The first-order valence-corrected chi connectivity index (χ1v) is 9.29. The van der Waals surface area contributed by atoms with Crippen molar-refractivity contribution in [3.8, 4) is 11.1 Å². The molecule has 1 amide bonds. The minimum absolute atomic E-state index is 0.0585. The lowest BCUT2D eigenvalue weighted by Gasteiger charge is -2.22. The second-order valence-corrected chi connectivity index (χ2v) is 7.05. The summed E-state index contributed by atoms with van der Waals surface area (Å²) in [5.74, 6) is -1.70. The SMILES string of the molecule is CN(C)CCC(=O)c1ccc(-c2ccc([C@@H](O)[C@@H](CF)NC(=O)C(F)F)cc2)cn1. The first-order valence-electron chi connectivity index (χ1n) is 9.29. The average Bonchev–Trinajstić information content (AvgIpc) is 2.75. The van der Waals surface area contributed by atoms with Crippen molar-refractivity contribution in [3.05, 3.63) is 53.9 Å². The van der Waals surface area contributed by atoms with Crippen LogP contribution in [0.2, 0.25) is 0 Å². The number of ketones is 1. The van der Waals surface area contributed by atoms with Gasteiger partial charge < -0.3 is 15.3 Å². The van der Waals surface area contributed by atoms with Crippen molar-refractivity contribution in [3.63, 3.8) is 0 Å². The Balaban J connectivity index is 2.07. The normalized spacial score (nSPS) is 13.3. The summed E-state index contributed by atoms with van der Waals surface area (Å²) in [5.41, 5.74) is 2.10. The van der Waals surface area contributed by atoms with Crippen molar-refractivity contribution in [1.29, 1.82) is 0 Å². The van der Waals surface area contributed by atoms with E-state index in [0.29, 0.717) is 18.7 Å². The molecule has 30 heavy (non-hydrogen) atoms. The second-order valence-electron chi connectivity index (χ2n) is 7.05. The molecule has 0 saturated carbocycles. The Hall–Kier alpha value is -2.78. The molecule has 0 fully saturated rings. The van der Waals surface area contributed by atoms with E-state index in [1.165, 1.54) is 12.1 Å². The fourth-order valence-electron chi connectivity index (χ4n) is 2.74. The summed E-state index contributed by atoms with van der Waals surface area (Å²) in [6.07, 6.45) is -2.86. The molecule has 0 bridgehead atoms. The number of aliphatic hydroxyl groups is 1. The van der Waals surface area contributed by atoms with Gasteiger partial charge in [-0.2, -0.15) is 8.78 Å². The predicted molar refractivity (Wildman–Crippen MR) is 106 cm³/mol. The zero-order valence-electron chi connectivity index (χ0n) is 16.7. The maximum Gasteiger partial charge on any atom is 0.315 e. The zero-order valence-corrected chi connectivity index (χ0v) is 16.7. The number of benzene rings is 1. The monoisotopic (exact) mass is 423 g/mol. The van der Waals surface area contributed by atoms with E-state index in [1.54, 1.807) is 35.8 Å². The molecule has 2 rings (SSSR count). The van der Waals surface area contributed by atoms with Crippen LogP contribution in [0.1, 0.15) is 28.6 Å². The highest BCUT2D eigenvalue weighted by atomic mass is 19.3. The van der Waals surface area contributed by atoms with E-state index in [4.69, 9.17) is 0 Å². The summed E-state index contributed by atoms with van der Waals surface area (Å²) in [6, 6.07) is 8.21. The van der Waals surface area contributed by atoms with Crippen LogP contribution in [0.15, 0.2) is 42.6 Å². The zero-order chi connectivity index (χ0) is 22.3. The lowest BCUT2D eigenvalue weighted by Crippen LogP contribution is -2.43. The lowest BCUT2D eigenvalue weighted by molar-refractivity contribution is -0.133. The Labute approximate surface area is 172 Å². The molecule has 9 heteroatoms. The highest BCUT2D eigenvalue weighted by Crippen LogP contribution is 2.24. The van der Waals surface area contributed by atoms with Crippen molar-refractivity contribution >= 4 is 11.7 Å². The average molecular weight is 423 g/mol. The molecule has 2 aromatic rings. The molecule has 0 aliphatic heterocycles. The van der Waals surface area contributed by atoms with E-state index < -0.39 is 31.2 Å². The first kappa shape index (κ1) is 23.5. The van der Waals surface area contributed by atoms with Crippen molar-refractivity contribution < 1.29 is 27.9 Å². The largest absolute Gasteiger partial charge is 0.386 e. The van der Waals surface area contributed by atoms with Gasteiger partial charge in [0.05, 0.1) is 6.04 Å². The minimum Gasteiger partial charge on any atom is -0.386 e. The van der Waals surface area contributed by atoms with Gasteiger partial charge in [0.2, 0.25) is 0 Å². The van der Waals surface area contributed by atoms with Crippen LogP contribution in [-0.2, 0) is 4.79 Å². The number of amides is 1. The number of aliphatic hydroxyl groups excluding tert-OH is 1. The van der Waals surface area contributed by atoms with Crippen LogP contribution in [0.4, 0.5) is 13.2 Å². The highest BCUT2D eigenvalue weighted by Gasteiger charge is 2.26. The molecule has 0 spiro atoms. The summed E-state index contributed by atoms with van der Waals surface area (Å²) in [7, 11) is 3.76. The van der Waals surface area contributed by atoms with E-state index in [0.717, 1.165) is 11.1 Å². The van der Waals surface area contributed by atoms with Crippen molar-refractivity contribution in [2.45, 2.75) is 25.0 Å². The van der Waals surface area contributed by atoms with Gasteiger partial charge in [-0.25, -0.2) is 4.39 Å². The number of rotatable bonds is 10. The quantitative estimate of drug-likeness (QED) is 0.574. The van der Waals surface area contributed by atoms with Crippen molar-refractivity contribution in [2.24, 2.45) is 0 Å². The van der Waals surface area contributed by atoms with Gasteiger partial charge in [0.15, 0.2) is 5.78 Å². The number of hydrogen-bond donors (Lipinski definition) is 2. The molecule has 0 aliphatic carbocycles. The van der Waals surface area contributed by atoms with E-state index in [-0.39, 0.29) is 11.3 Å². The molecular formula is C21H24F3N3O3. The molecule has 0 radical (unpaired) electrons. The molecule has 1 aromatic carbocycles. The number of aromatic nitrogens is 1. The molecule has 6 nitrogen and oxygen atoms in total. The number of alkyl halides is 3. The minimum atomic E-state index is -3.29. The summed E-state index contributed by atoms with van der Waals surface area (Å²) >= 11 is 0. The summed E-state index contributed by atoms with van der Waals surface area (Å²) in [6.45, 7) is -0.571. The topological polar surface area (TPSA) is 82.5 Å². The van der Waals surface area contributed by atoms with E-state index in [9.17, 15) is 27.9 Å². The van der Waals surface area contributed by atoms with Gasteiger partial charge in [-0.1, -0.05) is 30.3 Å². The molecule has 1 heterocycles. The molecule has 2 atom stereocenters.